The van der Waals surface area contributed by atoms with Crippen LogP contribution in [0.1, 0.15) is 71.6 Å². The number of unbranched alkanes of at least 4 members (excludes halogenated alkanes) is 4. The Balaban J connectivity index is 0. The first kappa shape index (κ1) is 25.8. The van der Waals surface area contributed by atoms with Crippen molar-refractivity contribution in [3.05, 3.63) is 24.3 Å². The van der Waals surface area contributed by atoms with E-state index in [9.17, 15) is 9.90 Å². The summed E-state index contributed by atoms with van der Waals surface area (Å²) in [4.78, 5) is 12.9. The van der Waals surface area contributed by atoms with Gasteiger partial charge in [-0.3, -0.25) is 0 Å². The Hall–Kier alpha value is 0.546. The van der Waals surface area contributed by atoms with Crippen LogP contribution >= 0.6 is 0 Å². The van der Waals surface area contributed by atoms with Gasteiger partial charge in [-0.05, 0) is 58.0 Å². The minimum atomic E-state index is -0.948. The molecule has 0 saturated carbocycles. The second-order valence-electron chi connectivity index (χ2n) is 5.77. The van der Waals surface area contributed by atoms with E-state index in [0.717, 1.165) is 51.6 Å². The maximum absolute atomic E-state index is 10.6. The van der Waals surface area contributed by atoms with E-state index < -0.39 is 5.97 Å². The van der Waals surface area contributed by atoms with Gasteiger partial charge < -0.3 is 14.8 Å². The number of rotatable bonds is 15. The molecule has 0 heterocycles. The van der Waals surface area contributed by atoms with E-state index >= 15 is 0 Å². The third kappa shape index (κ3) is 20.5. The Kier molecular flexibility index (Phi) is 23.1. The fraction of sp³-hybridized carbons (Fsp3) is 0.737. The molecular weight excluding hydrogens is 313 g/mol. The van der Waals surface area contributed by atoms with Crippen LogP contribution in [0.5, 0.6) is 0 Å². The second-order valence-corrected chi connectivity index (χ2v) is 5.77. The molecule has 0 aliphatic heterocycles. The largest absolute Gasteiger partial charge is 1.00 e. The van der Waals surface area contributed by atoms with Gasteiger partial charge in [0.05, 0.1) is 0 Å². The maximum Gasteiger partial charge on any atom is 1.00 e. The number of aliphatic carboxylic acids is 1. The summed E-state index contributed by atoms with van der Waals surface area (Å²) in [5.41, 5.74) is 0. The molecule has 0 N–H and O–H groups in total. The van der Waals surface area contributed by atoms with Gasteiger partial charge in [0.15, 0.2) is 0 Å². The van der Waals surface area contributed by atoms with Crippen LogP contribution in [0.2, 0.25) is 0 Å². The molecule has 23 heavy (non-hydrogen) atoms. The molecule has 0 aromatic rings. The number of hydrogen-bond acceptors (Lipinski definition) is 3. The van der Waals surface area contributed by atoms with Gasteiger partial charge >= 0.3 is 51.4 Å². The van der Waals surface area contributed by atoms with Crippen LogP contribution in [0, 0.1) is 0 Å². The number of carboxylic acids is 1. The molecule has 0 amide bonds. The van der Waals surface area contributed by atoms with E-state index in [4.69, 9.17) is 0 Å². The Bertz CT molecular complexity index is 294. The Morgan fingerprint density at radius 3 is 1.65 bits per heavy atom. The van der Waals surface area contributed by atoms with Gasteiger partial charge in [0.1, 0.15) is 0 Å². The number of carboxylic acid groups (broad SMARTS) is 1. The van der Waals surface area contributed by atoms with E-state index in [1.165, 1.54) is 12.8 Å². The van der Waals surface area contributed by atoms with E-state index in [1.807, 2.05) is 0 Å². The van der Waals surface area contributed by atoms with Gasteiger partial charge in [-0.2, -0.15) is 0 Å². The van der Waals surface area contributed by atoms with Crippen molar-refractivity contribution in [3.63, 3.8) is 0 Å². The van der Waals surface area contributed by atoms with Crippen molar-refractivity contribution in [2.75, 3.05) is 19.6 Å². The number of nitrogens with zero attached hydrogens (tertiary/aromatic N) is 1. The predicted octanol–water partition coefficient (Wildman–Crippen LogP) is 0.705. The van der Waals surface area contributed by atoms with Gasteiger partial charge in [0.2, 0.25) is 0 Å². The first-order chi connectivity index (χ1) is 10.7. The van der Waals surface area contributed by atoms with Gasteiger partial charge in [-0.1, -0.05) is 51.0 Å². The third-order valence-electron chi connectivity index (χ3n) is 3.57. The first-order valence-corrected chi connectivity index (χ1v) is 8.92. The summed E-state index contributed by atoms with van der Waals surface area (Å²) in [5, 5.41) is 10.6. The molecule has 0 rings (SSSR count). The fourth-order valence-electron chi connectivity index (χ4n) is 2.26. The molecule has 0 radical (unpaired) electrons. The molecule has 0 fully saturated rings. The Labute approximate surface area is 186 Å². The van der Waals surface area contributed by atoms with Crippen LogP contribution in [-0.4, -0.2) is 30.5 Å². The third-order valence-corrected chi connectivity index (χ3v) is 3.57. The van der Waals surface area contributed by atoms with Crippen molar-refractivity contribution in [1.29, 1.82) is 0 Å². The molecule has 0 aliphatic carbocycles. The van der Waals surface area contributed by atoms with Crippen LogP contribution in [0.25, 0.3) is 0 Å². The van der Waals surface area contributed by atoms with Gasteiger partial charge in [0, 0.05) is 12.5 Å². The molecule has 0 aromatic carbocycles. The average molecular weight is 348 g/mol. The summed E-state index contributed by atoms with van der Waals surface area (Å²) < 4.78 is 0. The van der Waals surface area contributed by atoms with E-state index in [-0.39, 0.29) is 57.8 Å². The van der Waals surface area contributed by atoms with E-state index in [1.54, 1.807) is 0 Å². The number of carbonyl (C=O) groups excluding carboxylic acids is 1. The smallest absolute Gasteiger partial charge is 0.550 e. The first-order valence-electron chi connectivity index (χ1n) is 8.92. The monoisotopic (exact) mass is 347 g/mol. The summed E-state index contributed by atoms with van der Waals surface area (Å²) in [5.74, 6) is -0.948. The molecule has 0 aliphatic rings. The van der Waals surface area contributed by atoms with Gasteiger partial charge in [-0.15, -0.1) is 0 Å². The zero-order valence-electron chi connectivity index (χ0n) is 15.6. The fourth-order valence-corrected chi connectivity index (χ4v) is 2.26. The van der Waals surface area contributed by atoms with E-state index in [0.29, 0.717) is 6.54 Å². The van der Waals surface area contributed by atoms with E-state index in [2.05, 4.69) is 43.1 Å². The standard InChI is InChI=1S/C19H35NO2.K/c1-3-5-7-9-11-13-16-20(18-15-19(21)22)17-14-12-10-8-6-4-2;/h7-10H,3-6,11-18H2,1-2H3,(H,21,22);/q;+1/p-1/b9-7+,10-8+;. The van der Waals surface area contributed by atoms with Crippen LogP contribution in [-0.2, 0) is 4.79 Å². The number of hydrogen-bond donors (Lipinski definition) is 0. The summed E-state index contributed by atoms with van der Waals surface area (Å²) in [6, 6.07) is 0. The summed E-state index contributed by atoms with van der Waals surface area (Å²) in [7, 11) is 0. The van der Waals surface area contributed by atoms with Crippen molar-refractivity contribution >= 4 is 5.97 Å². The maximum atomic E-state index is 10.6. The molecule has 3 nitrogen and oxygen atoms in total. The van der Waals surface area contributed by atoms with Crippen molar-refractivity contribution in [2.24, 2.45) is 0 Å². The Morgan fingerprint density at radius 1 is 0.826 bits per heavy atom. The molecule has 0 spiro atoms. The molecule has 0 unspecified atom stereocenters. The molecule has 0 saturated heterocycles. The van der Waals surface area contributed by atoms with Crippen LogP contribution in [0.3, 0.4) is 0 Å². The molecular formula is C19H34KNO2. The van der Waals surface area contributed by atoms with Crippen molar-refractivity contribution < 1.29 is 61.3 Å². The van der Waals surface area contributed by atoms with Crippen LogP contribution in [0.4, 0.5) is 0 Å². The zero-order valence-corrected chi connectivity index (χ0v) is 18.7. The second kappa shape index (κ2) is 20.6. The predicted molar refractivity (Wildman–Crippen MR) is 92.6 cm³/mol. The molecule has 0 atom stereocenters. The minimum Gasteiger partial charge on any atom is -0.550 e. The normalized spacial score (nSPS) is 11.4. The number of carbonyl (C=O) groups is 1. The number of allylic oxidation sites excluding steroid dienone is 4. The average Bonchev–Trinajstić information content (AvgIpc) is 2.50. The minimum absolute atomic E-state index is 0. The SMILES string of the molecule is CCC/C=C/CCCN(CCC/C=C/CCC)CCC(=O)[O-].[K+]. The quantitative estimate of drug-likeness (QED) is 0.249. The van der Waals surface area contributed by atoms with Crippen molar-refractivity contribution in [2.45, 2.75) is 71.6 Å². The molecule has 0 aromatic heterocycles. The topological polar surface area (TPSA) is 43.4 Å². The van der Waals surface area contributed by atoms with Crippen LogP contribution < -0.4 is 56.5 Å². The van der Waals surface area contributed by atoms with Crippen molar-refractivity contribution in [3.8, 4) is 0 Å². The van der Waals surface area contributed by atoms with Crippen molar-refractivity contribution in [1.82, 2.24) is 4.90 Å². The zero-order chi connectivity index (χ0) is 16.5. The summed E-state index contributed by atoms with van der Waals surface area (Å²) in [6.07, 6.45) is 18.2. The summed E-state index contributed by atoms with van der Waals surface area (Å²) >= 11 is 0. The van der Waals surface area contributed by atoms with Crippen LogP contribution in [0.15, 0.2) is 24.3 Å². The molecule has 128 valence electrons. The summed E-state index contributed by atoms with van der Waals surface area (Å²) in [6.45, 7) is 6.92. The molecule has 4 heteroatoms. The van der Waals surface area contributed by atoms with Gasteiger partial charge in [-0.25, -0.2) is 0 Å². The molecule has 0 bridgehead atoms. The van der Waals surface area contributed by atoms with Gasteiger partial charge in [0.25, 0.3) is 0 Å². The Morgan fingerprint density at radius 2 is 1.26 bits per heavy atom.